The topological polar surface area (TPSA) is 55.8 Å². The van der Waals surface area contributed by atoms with Crippen molar-refractivity contribution in [3.63, 3.8) is 0 Å². The van der Waals surface area contributed by atoms with Crippen molar-refractivity contribution in [3.05, 3.63) is 47.7 Å². The van der Waals surface area contributed by atoms with Crippen LogP contribution in [0.5, 0.6) is 0 Å². The summed E-state index contributed by atoms with van der Waals surface area (Å²) in [7, 11) is 0. The molecule has 1 aromatic rings. The molecular weight excluding hydrogens is 318 g/mol. The van der Waals surface area contributed by atoms with E-state index in [1.54, 1.807) is 18.1 Å². The number of carbonyl (C=O) groups is 2. The fourth-order valence-electron chi connectivity index (χ4n) is 3.17. The van der Waals surface area contributed by atoms with Gasteiger partial charge in [-0.3, -0.25) is 4.79 Å². The van der Waals surface area contributed by atoms with Crippen LogP contribution < -0.4 is 0 Å². The maximum atomic E-state index is 13.1. The van der Waals surface area contributed by atoms with E-state index in [0.717, 1.165) is 24.8 Å². The summed E-state index contributed by atoms with van der Waals surface area (Å²) in [6.45, 7) is 2.74. The molecule has 5 nitrogen and oxygen atoms in total. The molecule has 1 aliphatic carbocycles. The Labute approximate surface area is 148 Å². The zero-order valence-electron chi connectivity index (χ0n) is 14.6. The third-order valence-corrected chi connectivity index (χ3v) is 4.55. The predicted octanol–water partition coefficient (Wildman–Crippen LogP) is 2.85. The first-order valence-electron chi connectivity index (χ1n) is 9.04. The standard InChI is InChI=1S/C20H25NO4/c1-2-25-20(23)18(13-15-7-4-3-5-8-15)21(17-10-11-17)19(22)16-9-6-12-24-14-16/h3-5,7-8,14,17-18H,2,6,9-13H2,1H3. The van der Waals surface area contributed by atoms with Crippen molar-refractivity contribution in [1.29, 1.82) is 0 Å². The Balaban J connectivity index is 1.85. The molecule has 1 unspecified atom stereocenters. The van der Waals surface area contributed by atoms with Gasteiger partial charge in [-0.25, -0.2) is 4.79 Å². The van der Waals surface area contributed by atoms with Gasteiger partial charge in [-0.2, -0.15) is 0 Å². The number of rotatable bonds is 7. The van der Waals surface area contributed by atoms with Crippen LogP contribution in [0.3, 0.4) is 0 Å². The molecular formula is C20H25NO4. The van der Waals surface area contributed by atoms with Crippen LogP contribution in [0.1, 0.15) is 38.2 Å². The van der Waals surface area contributed by atoms with Crippen LogP contribution in [0.25, 0.3) is 0 Å². The summed E-state index contributed by atoms with van der Waals surface area (Å²) in [6.07, 6.45) is 5.43. The second-order valence-corrected chi connectivity index (χ2v) is 6.52. The number of hydrogen-bond donors (Lipinski definition) is 0. The van der Waals surface area contributed by atoms with Gasteiger partial charge in [0.1, 0.15) is 6.04 Å². The van der Waals surface area contributed by atoms with Gasteiger partial charge in [-0.1, -0.05) is 30.3 Å². The van der Waals surface area contributed by atoms with Gasteiger partial charge in [0, 0.05) is 12.5 Å². The van der Waals surface area contributed by atoms with Gasteiger partial charge in [-0.05, 0) is 38.2 Å². The van der Waals surface area contributed by atoms with Crippen molar-refractivity contribution in [1.82, 2.24) is 4.90 Å². The maximum absolute atomic E-state index is 13.1. The Bertz CT molecular complexity index is 636. The third-order valence-electron chi connectivity index (χ3n) is 4.55. The highest BCUT2D eigenvalue weighted by atomic mass is 16.5. The molecule has 3 rings (SSSR count). The highest BCUT2D eigenvalue weighted by Gasteiger charge is 2.42. The van der Waals surface area contributed by atoms with Crippen molar-refractivity contribution in [2.24, 2.45) is 0 Å². The van der Waals surface area contributed by atoms with E-state index >= 15 is 0 Å². The van der Waals surface area contributed by atoms with Crippen LogP contribution in [-0.4, -0.2) is 42.1 Å². The molecule has 5 heteroatoms. The molecule has 1 aliphatic heterocycles. The highest BCUT2D eigenvalue weighted by molar-refractivity contribution is 5.96. The Morgan fingerprint density at radius 2 is 2.04 bits per heavy atom. The number of carbonyl (C=O) groups excluding carboxylic acids is 2. The average Bonchev–Trinajstić information content (AvgIpc) is 3.48. The Morgan fingerprint density at radius 3 is 2.64 bits per heavy atom. The molecule has 2 aliphatic rings. The number of nitrogens with zero attached hydrogens (tertiary/aromatic N) is 1. The molecule has 0 N–H and O–H groups in total. The van der Waals surface area contributed by atoms with E-state index in [9.17, 15) is 9.59 Å². The maximum Gasteiger partial charge on any atom is 0.329 e. The highest BCUT2D eigenvalue weighted by Crippen LogP contribution is 2.32. The molecule has 25 heavy (non-hydrogen) atoms. The van der Waals surface area contributed by atoms with Gasteiger partial charge < -0.3 is 14.4 Å². The molecule has 1 fully saturated rings. The lowest BCUT2D eigenvalue weighted by Gasteiger charge is -2.32. The Kier molecular flexibility index (Phi) is 5.74. The summed E-state index contributed by atoms with van der Waals surface area (Å²) < 4.78 is 10.6. The summed E-state index contributed by atoms with van der Waals surface area (Å²) in [5, 5.41) is 0. The van der Waals surface area contributed by atoms with Gasteiger partial charge in [0.05, 0.1) is 25.0 Å². The number of esters is 1. The van der Waals surface area contributed by atoms with Gasteiger partial charge in [-0.15, -0.1) is 0 Å². The number of benzene rings is 1. The minimum atomic E-state index is -0.592. The van der Waals surface area contributed by atoms with Crippen LogP contribution in [0.15, 0.2) is 42.2 Å². The quantitative estimate of drug-likeness (QED) is 0.715. The molecule has 0 spiro atoms. The van der Waals surface area contributed by atoms with E-state index in [4.69, 9.17) is 9.47 Å². The second kappa shape index (κ2) is 8.19. The van der Waals surface area contributed by atoms with Crippen LogP contribution in [0.4, 0.5) is 0 Å². The summed E-state index contributed by atoms with van der Waals surface area (Å²) in [5.41, 5.74) is 1.67. The molecule has 0 bridgehead atoms. The summed E-state index contributed by atoms with van der Waals surface area (Å²) in [4.78, 5) is 27.5. The van der Waals surface area contributed by atoms with Crippen LogP contribution in [0, 0.1) is 0 Å². The summed E-state index contributed by atoms with van der Waals surface area (Å²) in [6, 6.07) is 9.31. The molecule has 1 atom stereocenters. The number of hydrogen-bond acceptors (Lipinski definition) is 4. The lowest BCUT2D eigenvalue weighted by atomic mass is 10.0. The number of ether oxygens (including phenoxy) is 2. The smallest absolute Gasteiger partial charge is 0.329 e. The van der Waals surface area contributed by atoms with Crippen LogP contribution >= 0.6 is 0 Å². The molecule has 1 saturated carbocycles. The zero-order valence-corrected chi connectivity index (χ0v) is 14.6. The predicted molar refractivity (Wildman–Crippen MR) is 93.7 cm³/mol. The normalized spacial score (nSPS) is 17.9. The van der Waals surface area contributed by atoms with E-state index in [0.29, 0.717) is 31.6 Å². The van der Waals surface area contributed by atoms with E-state index in [-0.39, 0.29) is 17.9 Å². The molecule has 134 valence electrons. The molecule has 1 amide bonds. The monoisotopic (exact) mass is 343 g/mol. The zero-order chi connectivity index (χ0) is 17.6. The van der Waals surface area contributed by atoms with Gasteiger partial charge in [0.25, 0.3) is 5.91 Å². The first-order chi connectivity index (χ1) is 12.2. The van der Waals surface area contributed by atoms with Crippen molar-refractivity contribution in [3.8, 4) is 0 Å². The van der Waals surface area contributed by atoms with E-state index < -0.39 is 6.04 Å². The van der Waals surface area contributed by atoms with Crippen LogP contribution in [-0.2, 0) is 25.5 Å². The van der Waals surface area contributed by atoms with Crippen molar-refractivity contribution in [2.45, 2.75) is 51.1 Å². The number of amides is 1. The van der Waals surface area contributed by atoms with Crippen molar-refractivity contribution >= 4 is 11.9 Å². The van der Waals surface area contributed by atoms with E-state index in [2.05, 4.69) is 0 Å². The van der Waals surface area contributed by atoms with Crippen LogP contribution in [0.2, 0.25) is 0 Å². The van der Waals surface area contributed by atoms with Gasteiger partial charge in [0.2, 0.25) is 0 Å². The van der Waals surface area contributed by atoms with Gasteiger partial charge in [0.15, 0.2) is 0 Å². The van der Waals surface area contributed by atoms with E-state index in [1.165, 1.54) is 0 Å². The molecule has 1 heterocycles. The molecule has 0 radical (unpaired) electrons. The second-order valence-electron chi connectivity index (χ2n) is 6.52. The minimum Gasteiger partial charge on any atom is -0.501 e. The fraction of sp³-hybridized carbons (Fsp3) is 0.500. The lowest BCUT2D eigenvalue weighted by molar-refractivity contribution is -0.154. The third kappa shape index (κ3) is 4.41. The molecule has 0 aromatic heterocycles. The first kappa shape index (κ1) is 17.5. The van der Waals surface area contributed by atoms with Crippen molar-refractivity contribution < 1.29 is 19.1 Å². The van der Waals surface area contributed by atoms with Gasteiger partial charge >= 0.3 is 5.97 Å². The Morgan fingerprint density at radius 1 is 1.28 bits per heavy atom. The minimum absolute atomic E-state index is 0.0869. The average molecular weight is 343 g/mol. The largest absolute Gasteiger partial charge is 0.501 e. The summed E-state index contributed by atoms with van der Waals surface area (Å²) in [5.74, 6) is -0.417. The first-order valence-corrected chi connectivity index (χ1v) is 9.04. The SMILES string of the molecule is CCOC(=O)C(Cc1ccccc1)N(C(=O)C1=COCCC1)C1CC1. The van der Waals surface area contributed by atoms with Crippen molar-refractivity contribution in [2.75, 3.05) is 13.2 Å². The lowest BCUT2D eigenvalue weighted by Crippen LogP contribution is -2.49. The summed E-state index contributed by atoms with van der Waals surface area (Å²) >= 11 is 0. The molecule has 1 aromatic carbocycles. The Hall–Kier alpha value is -2.30. The van der Waals surface area contributed by atoms with E-state index in [1.807, 2.05) is 30.3 Å². The molecule has 0 saturated heterocycles. The fourth-order valence-corrected chi connectivity index (χ4v) is 3.17.